The maximum atomic E-state index is 8.60. The summed E-state index contributed by atoms with van der Waals surface area (Å²) in [7, 11) is 0. The van der Waals surface area contributed by atoms with Crippen LogP contribution in [0.1, 0.15) is 19.3 Å². The quantitative estimate of drug-likeness (QED) is 0.475. The Hall–Kier alpha value is -0.610. The molecule has 0 aromatic carbocycles. The molecule has 0 saturated carbocycles. The van der Waals surface area contributed by atoms with Crippen LogP contribution in [0.2, 0.25) is 0 Å². The number of nitrogens with zero attached hydrogens (tertiary/aromatic N) is 2. The van der Waals surface area contributed by atoms with Gasteiger partial charge in [-0.2, -0.15) is 0 Å². The highest BCUT2D eigenvalue weighted by Gasteiger charge is 2.13. The predicted octanol–water partition coefficient (Wildman–Crippen LogP) is 0.295. The fraction of sp³-hybridized carbons (Fsp3) is 0.875. The molecule has 1 aliphatic heterocycles. The topological polar surface area (TPSA) is 56.1 Å². The van der Waals surface area contributed by atoms with Crippen molar-refractivity contribution in [2.24, 2.45) is 5.16 Å². The van der Waals surface area contributed by atoms with Gasteiger partial charge < -0.3 is 15.2 Å². The molecule has 70 valence electrons. The molecule has 0 aromatic rings. The highest BCUT2D eigenvalue weighted by Crippen LogP contribution is 2.06. The van der Waals surface area contributed by atoms with E-state index in [-0.39, 0.29) is 6.61 Å². The first-order valence-corrected chi connectivity index (χ1v) is 4.40. The maximum absolute atomic E-state index is 8.60. The van der Waals surface area contributed by atoms with Gasteiger partial charge in [0.15, 0.2) is 0 Å². The molecular formula is C8H16N2O2. The molecule has 0 aliphatic carbocycles. The van der Waals surface area contributed by atoms with Crippen molar-refractivity contribution < 1.29 is 10.3 Å². The van der Waals surface area contributed by atoms with Gasteiger partial charge in [-0.05, 0) is 6.42 Å². The van der Waals surface area contributed by atoms with Gasteiger partial charge in [0.25, 0.3) is 0 Å². The molecule has 1 aliphatic rings. The van der Waals surface area contributed by atoms with Crippen LogP contribution in [0.4, 0.5) is 0 Å². The molecule has 0 spiro atoms. The molecule has 12 heavy (non-hydrogen) atoms. The lowest BCUT2D eigenvalue weighted by atomic mass is 10.1. The summed E-state index contributed by atoms with van der Waals surface area (Å²) in [5.41, 5.74) is 0.898. The second-order valence-corrected chi connectivity index (χ2v) is 3.09. The molecule has 0 bridgehead atoms. The van der Waals surface area contributed by atoms with Crippen LogP contribution in [0, 0.1) is 0 Å². The van der Waals surface area contributed by atoms with Crippen molar-refractivity contribution in [1.82, 2.24) is 4.90 Å². The summed E-state index contributed by atoms with van der Waals surface area (Å²) >= 11 is 0. The van der Waals surface area contributed by atoms with Crippen LogP contribution in [0.5, 0.6) is 0 Å². The molecule has 2 N–H and O–H groups in total. The Bertz CT molecular complexity index is 149. The summed E-state index contributed by atoms with van der Waals surface area (Å²) < 4.78 is 0. The van der Waals surface area contributed by atoms with Crippen LogP contribution in [-0.4, -0.2) is 47.2 Å². The summed E-state index contributed by atoms with van der Waals surface area (Å²) in [6.07, 6.45) is 2.56. The van der Waals surface area contributed by atoms with Gasteiger partial charge in [0.2, 0.25) is 0 Å². The minimum atomic E-state index is 0.261. The lowest BCUT2D eigenvalue weighted by Gasteiger charge is -2.26. The first kappa shape index (κ1) is 9.48. The molecule has 4 nitrogen and oxygen atoms in total. The van der Waals surface area contributed by atoms with Crippen LogP contribution in [0.3, 0.4) is 0 Å². The molecule has 0 aromatic heterocycles. The zero-order valence-corrected chi connectivity index (χ0v) is 7.24. The number of aliphatic hydroxyl groups is 1. The first-order chi connectivity index (χ1) is 5.86. The SMILES string of the molecule is OCCCN1CCC(=NO)CC1. The smallest absolute Gasteiger partial charge is 0.0596 e. The van der Waals surface area contributed by atoms with Gasteiger partial charge in [0, 0.05) is 39.1 Å². The average molecular weight is 172 g/mol. The summed E-state index contributed by atoms with van der Waals surface area (Å²) in [5.74, 6) is 0. The third-order valence-electron chi connectivity index (χ3n) is 2.21. The molecule has 0 unspecified atom stereocenters. The first-order valence-electron chi connectivity index (χ1n) is 4.40. The Labute approximate surface area is 72.5 Å². The van der Waals surface area contributed by atoms with Gasteiger partial charge in [0.05, 0.1) is 5.71 Å². The lowest BCUT2D eigenvalue weighted by Crippen LogP contribution is -2.34. The van der Waals surface area contributed by atoms with Crippen molar-refractivity contribution in [3.05, 3.63) is 0 Å². The van der Waals surface area contributed by atoms with Crippen LogP contribution >= 0.6 is 0 Å². The Balaban J connectivity index is 2.17. The van der Waals surface area contributed by atoms with Crippen LogP contribution in [0.25, 0.3) is 0 Å². The van der Waals surface area contributed by atoms with Crippen molar-refractivity contribution in [2.45, 2.75) is 19.3 Å². The van der Waals surface area contributed by atoms with E-state index in [1.165, 1.54) is 0 Å². The Morgan fingerprint density at radius 1 is 1.33 bits per heavy atom. The molecule has 0 radical (unpaired) electrons. The third-order valence-corrected chi connectivity index (χ3v) is 2.21. The van der Waals surface area contributed by atoms with Crippen molar-refractivity contribution in [3.63, 3.8) is 0 Å². The van der Waals surface area contributed by atoms with Crippen molar-refractivity contribution in [3.8, 4) is 0 Å². The van der Waals surface area contributed by atoms with Crippen LogP contribution in [-0.2, 0) is 0 Å². The minimum absolute atomic E-state index is 0.261. The molecule has 1 fully saturated rings. The number of aliphatic hydroxyl groups excluding tert-OH is 1. The highest BCUT2D eigenvalue weighted by atomic mass is 16.4. The van der Waals surface area contributed by atoms with E-state index in [4.69, 9.17) is 10.3 Å². The molecule has 1 rings (SSSR count). The van der Waals surface area contributed by atoms with Crippen molar-refractivity contribution >= 4 is 5.71 Å². The molecule has 0 amide bonds. The van der Waals surface area contributed by atoms with Gasteiger partial charge in [-0.15, -0.1) is 0 Å². The van der Waals surface area contributed by atoms with Gasteiger partial charge in [-0.1, -0.05) is 5.16 Å². The number of hydrogen-bond acceptors (Lipinski definition) is 4. The van der Waals surface area contributed by atoms with Gasteiger partial charge in [0.1, 0.15) is 0 Å². The van der Waals surface area contributed by atoms with Crippen LogP contribution < -0.4 is 0 Å². The number of hydrogen-bond donors (Lipinski definition) is 2. The fourth-order valence-corrected chi connectivity index (χ4v) is 1.43. The summed E-state index contributed by atoms with van der Waals surface area (Å²) in [6, 6.07) is 0. The minimum Gasteiger partial charge on any atom is -0.411 e. The van der Waals surface area contributed by atoms with E-state index in [1.54, 1.807) is 0 Å². The highest BCUT2D eigenvalue weighted by molar-refractivity contribution is 5.84. The summed E-state index contributed by atoms with van der Waals surface area (Å²) in [6.45, 7) is 3.13. The summed E-state index contributed by atoms with van der Waals surface area (Å²) in [4.78, 5) is 2.28. The van der Waals surface area contributed by atoms with E-state index in [9.17, 15) is 0 Å². The van der Waals surface area contributed by atoms with E-state index >= 15 is 0 Å². The Kier molecular flexibility index (Phi) is 4.04. The molecular weight excluding hydrogens is 156 g/mol. The van der Waals surface area contributed by atoms with E-state index in [2.05, 4.69) is 10.1 Å². The Morgan fingerprint density at radius 3 is 2.50 bits per heavy atom. The third kappa shape index (κ3) is 2.79. The van der Waals surface area contributed by atoms with Crippen molar-refractivity contribution in [2.75, 3.05) is 26.2 Å². The molecule has 1 heterocycles. The molecule has 0 atom stereocenters. The fourth-order valence-electron chi connectivity index (χ4n) is 1.43. The maximum Gasteiger partial charge on any atom is 0.0596 e. The average Bonchev–Trinajstić information content (AvgIpc) is 2.15. The second kappa shape index (κ2) is 5.11. The lowest BCUT2D eigenvalue weighted by molar-refractivity contribution is 0.221. The van der Waals surface area contributed by atoms with Crippen LogP contribution in [0.15, 0.2) is 5.16 Å². The second-order valence-electron chi connectivity index (χ2n) is 3.09. The van der Waals surface area contributed by atoms with Crippen molar-refractivity contribution in [1.29, 1.82) is 0 Å². The Morgan fingerprint density at radius 2 is 2.00 bits per heavy atom. The van der Waals surface area contributed by atoms with Gasteiger partial charge >= 0.3 is 0 Å². The zero-order valence-electron chi connectivity index (χ0n) is 7.24. The number of oxime groups is 1. The standard InChI is InChI=1S/C8H16N2O2/c11-7-1-4-10-5-2-8(9-12)3-6-10/h11-12H,1-7H2. The van der Waals surface area contributed by atoms with E-state index in [0.717, 1.165) is 44.6 Å². The van der Waals surface area contributed by atoms with E-state index in [0.29, 0.717) is 0 Å². The summed E-state index contributed by atoms with van der Waals surface area (Å²) in [5, 5.41) is 20.3. The number of piperidine rings is 1. The number of rotatable bonds is 3. The van der Waals surface area contributed by atoms with E-state index < -0.39 is 0 Å². The largest absolute Gasteiger partial charge is 0.411 e. The van der Waals surface area contributed by atoms with Gasteiger partial charge in [-0.3, -0.25) is 0 Å². The molecule has 1 saturated heterocycles. The molecule has 4 heteroatoms. The number of likely N-dealkylation sites (tertiary alicyclic amines) is 1. The van der Waals surface area contributed by atoms with Gasteiger partial charge in [-0.25, -0.2) is 0 Å². The normalized spacial score (nSPS) is 19.6. The predicted molar refractivity (Wildman–Crippen MR) is 46.6 cm³/mol. The zero-order chi connectivity index (χ0) is 8.81. The monoisotopic (exact) mass is 172 g/mol. The van der Waals surface area contributed by atoms with E-state index in [1.807, 2.05) is 0 Å².